The molecule has 0 bridgehead atoms. The first-order valence-corrected chi connectivity index (χ1v) is 6.11. The molecule has 0 aromatic heterocycles. The normalized spacial score (nSPS) is 18.3. The smallest absolute Gasteiger partial charge is 0.332 e. The molecule has 2 amide bonds. The van der Waals surface area contributed by atoms with E-state index < -0.39 is 30.3 Å². The van der Waals surface area contributed by atoms with Crippen LogP contribution in [0.1, 0.15) is 12.0 Å². The molecule has 2 rings (SSSR count). The molecule has 8 heteroatoms. The van der Waals surface area contributed by atoms with E-state index in [0.717, 1.165) is 6.07 Å². The first kappa shape index (κ1) is 14.8. The molecule has 8 nitrogen and oxygen atoms in total. The van der Waals surface area contributed by atoms with Crippen molar-refractivity contribution in [3.8, 4) is 11.5 Å². The Morgan fingerprint density at radius 3 is 2.67 bits per heavy atom. The number of nitrogens with zero attached hydrogens (tertiary/aromatic N) is 1. The van der Waals surface area contributed by atoms with Gasteiger partial charge in [0.05, 0.1) is 5.92 Å². The molecule has 1 unspecified atom stereocenters. The van der Waals surface area contributed by atoms with Gasteiger partial charge in [0.15, 0.2) is 6.61 Å². The second kappa shape index (κ2) is 5.80. The van der Waals surface area contributed by atoms with E-state index in [1.165, 1.54) is 12.1 Å². The third-order valence-corrected chi connectivity index (χ3v) is 3.05. The molecule has 1 heterocycles. The van der Waals surface area contributed by atoms with Gasteiger partial charge in [-0.05, 0) is 18.1 Å². The third-order valence-electron chi connectivity index (χ3n) is 3.05. The fourth-order valence-corrected chi connectivity index (χ4v) is 2.07. The molecular formula is C13H13NO7. The van der Waals surface area contributed by atoms with Crippen molar-refractivity contribution in [1.82, 2.24) is 5.06 Å². The molecule has 1 aliphatic heterocycles. The second-order valence-electron chi connectivity index (χ2n) is 4.61. The number of hydroxylamine groups is 2. The van der Waals surface area contributed by atoms with E-state index >= 15 is 0 Å². The van der Waals surface area contributed by atoms with E-state index in [2.05, 4.69) is 4.84 Å². The van der Waals surface area contributed by atoms with Crippen LogP contribution >= 0.6 is 0 Å². The maximum atomic E-state index is 12.0. The Hall–Kier alpha value is -2.61. The van der Waals surface area contributed by atoms with E-state index in [0.29, 0.717) is 10.6 Å². The number of carboxylic acid groups (broad SMARTS) is 1. The van der Waals surface area contributed by atoms with E-state index in [1.807, 2.05) is 0 Å². The Kier molecular flexibility index (Phi) is 4.08. The standard InChI is InChI=1S/C13H13NO7/c15-9-2-1-7(10(16)5-9)3-8-4-11(17)14(13(8)20)21-6-12(18)19/h1-2,5,8,15-16H,3-4,6H2,(H,18,19). The van der Waals surface area contributed by atoms with E-state index in [9.17, 15) is 24.6 Å². The van der Waals surface area contributed by atoms with Crippen LogP contribution in [0, 0.1) is 5.92 Å². The number of hydrogen-bond acceptors (Lipinski definition) is 6. The molecule has 1 aliphatic rings. The van der Waals surface area contributed by atoms with Crippen molar-refractivity contribution < 1.29 is 34.5 Å². The van der Waals surface area contributed by atoms with Gasteiger partial charge in [-0.25, -0.2) is 4.79 Å². The fourth-order valence-electron chi connectivity index (χ4n) is 2.07. The summed E-state index contributed by atoms with van der Waals surface area (Å²) >= 11 is 0. The molecule has 1 aromatic rings. The van der Waals surface area contributed by atoms with Crippen LogP contribution in [0.15, 0.2) is 18.2 Å². The number of carboxylic acids is 1. The van der Waals surface area contributed by atoms with Crippen LogP contribution in [0.4, 0.5) is 0 Å². The molecule has 1 atom stereocenters. The number of amides is 2. The van der Waals surface area contributed by atoms with Gasteiger partial charge in [0.25, 0.3) is 11.8 Å². The molecule has 0 aliphatic carbocycles. The van der Waals surface area contributed by atoms with Crippen LogP contribution in [-0.4, -0.2) is 44.8 Å². The molecule has 0 radical (unpaired) electrons. The van der Waals surface area contributed by atoms with Gasteiger partial charge in [-0.3, -0.25) is 14.4 Å². The highest BCUT2D eigenvalue weighted by Crippen LogP contribution is 2.29. The van der Waals surface area contributed by atoms with Crippen molar-refractivity contribution in [1.29, 1.82) is 0 Å². The minimum atomic E-state index is -1.30. The van der Waals surface area contributed by atoms with Crippen molar-refractivity contribution >= 4 is 17.8 Å². The summed E-state index contributed by atoms with van der Waals surface area (Å²) in [6, 6.07) is 3.94. The quantitative estimate of drug-likeness (QED) is 0.654. The van der Waals surface area contributed by atoms with E-state index in [4.69, 9.17) is 5.11 Å². The molecule has 0 spiro atoms. The number of carbonyl (C=O) groups excluding carboxylic acids is 2. The topological polar surface area (TPSA) is 124 Å². The monoisotopic (exact) mass is 295 g/mol. The molecule has 1 aromatic carbocycles. The number of phenols is 2. The predicted molar refractivity (Wildman–Crippen MR) is 67.0 cm³/mol. The minimum absolute atomic E-state index is 0.0869. The zero-order valence-corrected chi connectivity index (χ0v) is 10.9. The molecule has 1 fully saturated rings. The first-order chi connectivity index (χ1) is 9.88. The van der Waals surface area contributed by atoms with Crippen molar-refractivity contribution in [3.63, 3.8) is 0 Å². The number of aromatic hydroxyl groups is 2. The van der Waals surface area contributed by atoms with Crippen molar-refractivity contribution in [2.24, 2.45) is 5.92 Å². The summed E-state index contributed by atoms with van der Waals surface area (Å²) in [5.74, 6) is -3.59. The largest absolute Gasteiger partial charge is 0.508 e. The fraction of sp³-hybridized carbons (Fsp3) is 0.308. The molecule has 1 saturated heterocycles. The Bertz CT molecular complexity index is 598. The minimum Gasteiger partial charge on any atom is -0.508 e. The summed E-state index contributed by atoms with van der Waals surface area (Å²) < 4.78 is 0. The van der Waals surface area contributed by atoms with Gasteiger partial charge in [0.2, 0.25) is 0 Å². The maximum absolute atomic E-state index is 12.0. The first-order valence-electron chi connectivity index (χ1n) is 6.11. The SMILES string of the molecule is O=C(O)CON1C(=O)CC(Cc2ccc(O)cc2O)C1=O. The molecule has 112 valence electrons. The lowest BCUT2D eigenvalue weighted by Crippen LogP contribution is -2.33. The number of rotatable bonds is 5. The third kappa shape index (κ3) is 3.29. The average Bonchev–Trinajstić information content (AvgIpc) is 2.65. The summed E-state index contributed by atoms with van der Waals surface area (Å²) in [7, 11) is 0. The van der Waals surface area contributed by atoms with Gasteiger partial charge in [-0.1, -0.05) is 6.07 Å². The molecule has 21 heavy (non-hydrogen) atoms. The Balaban J connectivity index is 2.06. The van der Waals surface area contributed by atoms with Crippen LogP contribution in [0.5, 0.6) is 11.5 Å². The maximum Gasteiger partial charge on any atom is 0.332 e. The highest BCUT2D eigenvalue weighted by Gasteiger charge is 2.40. The van der Waals surface area contributed by atoms with Gasteiger partial charge in [-0.15, -0.1) is 0 Å². The number of carbonyl (C=O) groups is 3. The van der Waals surface area contributed by atoms with Crippen LogP contribution in [0.2, 0.25) is 0 Å². The Morgan fingerprint density at radius 2 is 2.05 bits per heavy atom. The Morgan fingerprint density at radius 1 is 1.33 bits per heavy atom. The average molecular weight is 295 g/mol. The predicted octanol–water partition coefficient (Wildman–Crippen LogP) is 0.0316. The van der Waals surface area contributed by atoms with Crippen molar-refractivity contribution in [2.75, 3.05) is 6.61 Å². The Labute approximate surface area is 119 Å². The van der Waals surface area contributed by atoms with Crippen LogP contribution < -0.4 is 0 Å². The molecule has 0 saturated carbocycles. The zero-order chi connectivity index (χ0) is 15.6. The lowest BCUT2D eigenvalue weighted by Gasteiger charge is -2.13. The van der Waals surface area contributed by atoms with Crippen LogP contribution in [-0.2, 0) is 25.6 Å². The summed E-state index contributed by atoms with van der Waals surface area (Å²) in [5, 5.41) is 27.8. The number of aliphatic carboxylic acids is 1. The van der Waals surface area contributed by atoms with Gasteiger partial charge in [0.1, 0.15) is 11.5 Å². The lowest BCUT2D eigenvalue weighted by molar-refractivity contribution is -0.192. The van der Waals surface area contributed by atoms with Crippen molar-refractivity contribution in [2.45, 2.75) is 12.8 Å². The van der Waals surface area contributed by atoms with E-state index in [-0.39, 0.29) is 24.3 Å². The summed E-state index contributed by atoms with van der Waals surface area (Å²) in [4.78, 5) is 38.6. The van der Waals surface area contributed by atoms with Gasteiger partial charge < -0.3 is 15.3 Å². The summed E-state index contributed by atoms with van der Waals surface area (Å²) in [6.45, 7) is -0.783. The zero-order valence-electron chi connectivity index (χ0n) is 10.9. The lowest BCUT2D eigenvalue weighted by atomic mass is 9.97. The number of phenolic OH excluding ortho intramolecular Hbond substituents is 2. The highest BCUT2D eigenvalue weighted by molar-refractivity contribution is 6.02. The summed E-state index contributed by atoms with van der Waals surface area (Å²) in [5.41, 5.74) is 0.402. The highest BCUT2D eigenvalue weighted by atomic mass is 16.7. The van der Waals surface area contributed by atoms with Crippen molar-refractivity contribution in [3.05, 3.63) is 23.8 Å². The number of imide groups is 1. The van der Waals surface area contributed by atoms with Crippen LogP contribution in [0.25, 0.3) is 0 Å². The summed E-state index contributed by atoms with van der Waals surface area (Å²) in [6.07, 6.45) is -0.0393. The van der Waals surface area contributed by atoms with Crippen LogP contribution in [0.3, 0.4) is 0 Å². The number of benzene rings is 1. The van der Waals surface area contributed by atoms with E-state index in [1.54, 1.807) is 0 Å². The van der Waals surface area contributed by atoms with Gasteiger partial charge in [-0.2, -0.15) is 5.06 Å². The van der Waals surface area contributed by atoms with Gasteiger partial charge in [0, 0.05) is 12.5 Å². The molecule has 3 N–H and O–H groups in total. The number of hydrogen-bond donors (Lipinski definition) is 3. The second-order valence-corrected chi connectivity index (χ2v) is 4.61. The van der Waals surface area contributed by atoms with Gasteiger partial charge >= 0.3 is 5.97 Å². The molecular weight excluding hydrogens is 282 g/mol.